The van der Waals surface area contributed by atoms with E-state index in [-0.39, 0.29) is 11.5 Å². The lowest BCUT2D eigenvalue weighted by molar-refractivity contribution is 0.0997. The van der Waals surface area contributed by atoms with Gasteiger partial charge in [0.15, 0.2) is 11.5 Å². The van der Waals surface area contributed by atoms with Crippen LogP contribution in [0.5, 0.6) is 0 Å². The van der Waals surface area contributed by atoms with Gasteiger partial charge in [-0.25, -0.2) is 0 Å². The van der Waals surface area contributed by atoms with Gasteiger partial charge in [-0.05, 0) is 42.5 Å². The van der Waals surface area contributed by atoms with Crippen LogP contribution in [-0.2, 0) is 0 Å². The predicted octanol–water partition coefficient (Wildman–Crippen LogP) is 6.74. The molecule has 0 bridgehead atoms. The van der Waals surface area contributed by atoms with Crippen molar-refractivity contribution in [3.8, 4) is 11.3 Å². The van der Waals surface area contributed by atoms with Crippen molar-refractivity contribution >= 4 is 40.6 Å². The Morgan fingerprint density at radius 3 is 2.30 bits per heavy atom. The van der Waals surface area contributed by atoms with Gasteiger partial charge in [0, 0.05) is 21.7 Å². The molecule has 4 nitrogen and oxygen atoms in total. The molecule has 6 heteroatoms. The summed E-state index contributed by atoms with van der Waals surface area (Å²) in [7, 11) is 0. The number of carbonyl (C=O) groups excluding carboxylic acids is 2. The number of halogens is 2. The highest BCUT2D eigenvalue weighted by molar-refractivity contribution is 6.36. The number of rotatable bonds is 5. The summed E-state index contributed by atoms with van der Waals surface area (Å²) in [4.78, 5) is 25.6. The summed E-state index contributed by atoms with van der Waals surface area (Å²) in [6.07, 6.45) is 0. The maximum absolute atomic E-state index is 12.8. The lowest BCUT2D eigenvalue weighted by atomic mass is 10.0. The van der Waals surface area contributed by atoms with E-state index in [0.717, 1.165) is 0 Å². The van der Waals surface area contributed by atoms with Crippen LogP contribution in [0.25, 0.3) is 11.3 Å². The Balaban J connectivity index is 1.58. The first-order valence-electron chi connectivity index (χ1n) is 9.08. The van der Waals surface area contributed by atoms with Gasteiger partial charge in [0.05, 0.1) is 10.7 Å². The van der Waals surface area contributed by atoms with Crippen LogP contribution < -0.4 is 5.32 Å². The quantitative estimate of drug-likeness (QED) is 0.353. The normalized spacial score (nSPS) is 10.6. The van der Waals surface area contributed by atoms with Gasteiger partial charge in [0.25, 0.3) is 5.91 Å². The van der Waals surface area contributed by atoms with Crippen LogP contribution in [0.2, 0.25) is 10.0 Å². The third-order valence-electron chi connectivity index (χ3n) is 4.48. The number of hydrogen-bond acceptors (Lipinski definition) is 3. The van der Waals surface area contributed by atoms with Gasteiger partial charge in [0.2, 0.25) is 0 Å². The topological polar surface area (TPSA) is 59.3 Å². The van der Waals surface area contributed by atoms with Gasteiger partial charge in [-0.3, -0.25) is 9.59 Å². The van der Waals surface area contributed by atoms with Crippen molar-refractivity contribution in [2.24, 2.45) is 0 Å². The molecule has 1 N–H and O–H groups in total. The van der Waals surface area contributed by atoms with Crippen LogP contribution >= 0.6 is 23.2 Å². The van der Waals surface area contributed by atoms with Gasteiger partial charge in [0.1, 0.15) is 5.76 Å². The molecule has 0 fully saturated rings. The number of ketones is 1. The fraction of sp³-hybridized carbons (Fsp3) is 0. The van der Waals surface area contributed by atoms with E-state index in [4.69, 9.17) is 27.6 Å². The van der Waals surface area contributed by atoms with Crippen molar-refractivity contribution in [1.29, 1.82) is 0 Å². The van der Waals surface area contributed by atoms with E-state index in [0.29, 0.717) is 38.2 Å². The molecule has 0 aliphatic carbocycles. The van der Waals surface area contributed by atoms with Crippen LogP contribution in [0.15, 0.2) is 89.3 Å². The van der Waals surface area contributed by atoms with E-state index in [1.54, 1.807) is 78.9 Å². The molecule has 4 rings (SSSR count). The molecular formula is C24H15Cl2NO3. The van der Waals surface area contributed by atoms with Gasteiger partial charge >= 0.3 is 0 Å². The van der Waals surface area contributed by atoms with Crippen molar-refractivity contribution in [2.75, 3.05) is 5.32 Å². The Bertz CT molecular complexity index is 1230. The third kappa shape index (κ3) is 4.15. The smallest absolute Gasteiger partial charge is 0.291 e. The molecule has 1 heterocycles. The largest absolute Gasteiger partial charge is 0.451 e. The molecule has 0 unspecified atom stereocenters. The van der Waals surface area contributed by atoms with Crippen molar-refractivity contribution < 1.29 is 14.0 Å². The van der Waals surface area contributed by atoms with E-state index in [1.807, 2.05) is 6.07 Å². The monoisotopic (exact) mass is 435 g/mol. The van der Waals surface area contributed by atoms with Crippen LogP contribution in [0, 0.1) is 0 Å². The van der Waals surface area contributed by atoms with Gasteiger partial charge in [-0.15, -0.1) is 0 Å². The Labute approximate surface area is 183 Å². The number of para-hydroxylation sites is 1. The first-order valence-corrected chi connectivity index (χ1v) is 9.84. The lowest BCUT2D eigenvalue weighted by Gasteiger charge is -2.09. The standard InChI is InChI=1S/C24H15Cl2NO3/c25-16-10-11-17(19(26)14-16)21-12-13-22(30-21)24(29)27-20-9-5-4-8-18(20)23(28)15-6-2-1-3-7-15/h1-14H,(H,27,29). The summed E-state index contributed by atoms with van der Waals surface area (Å²) in [5, 5.41) is 3.68. The molecule has 0 aliphatic rings. The van der Waals surface area contributed by atoms with E-state index in [2.05, 4.69) is 5.32 Å². The zero-order chi connectivity index (χ0) is 21.1. The molecule has 4 aromatic rings. The first-order chi connectivity index (χ1) is 14.5. The van der Waals surface area contributed by atoms with Crippen LogP contribution in [0.4, 0.5) is 5.69 Å². The molecule has 1 amide bonds. The zero-order valence-corrected chi connectivity index (χ0v) is 17.1. The van der Waals surface area contributed by atoms with Crippen molar-refractivity contribution in [2.45, 2.75) is 0 Å². The average molecular weight is 436 g/mol. The van der Waals surface area contributed by atoms with Crippen molar-refractivity contribution in [3.05, 3.63) is 112 Å². The first kappa shape index (κ1) is 20.0. The predicted molar refractivity (Wildman–Crippen MR) is 118 cm³/mol. The van der Waals surface area contributed by atoms with Crippen LogP contribution in [-0.4, -0.2) is 11.7 Å². The molecule has 0 spiro atoms. The Morgan fingerprint density at radius 2 is 1.53 bits per heavy atom. The van der Waals surface area contributed by atoms with E-state index in [9.17, 15) is 9.59 Å². The zero-order valence-electron chi connectivity index (χ0n) is 15.6. The molecule has 0 radical (unpaired) electrons. The molecule has 148 valence electrons. The SMILES string of the molecule is O=C(Nc1ccccc1C(=O)c1ccccc1)c1ccc(-c2ccc(Cl)cc2Cl)o1. The number of hydrogen-bond donors (Lipinski definition) is 1. The van der Waals surface area contributed by atoms with Gasteiger partial charge in [-0.1, -0.05) is 65.7 Å². The molecule has 3 aromatic carbocycles. The molecule has 0 aliphatic heterocycles. The van der Waals surface area contributed by atoms with Crippen molar-refractivity contribution in [1.82, 2.24) is 0 Å². The number of benzene rings is 3. The maximum Gasteiger partial charge on any atom is 0.291 e. The molecular weight excluding hydrogens is 421 g/mol. The Hall–Kier alpha value is -3.34. The molecule has 1 aromatic heterocycles. The van der Waals surface area contributed by atoms with E-state index >= 15 is 0 Å². The number of anilines is 1. The summed E-state index contributed by atoms with van der Waals surface area (Å²) in [5.74, 6) is -0.118. The minimum atomic E-state index is -0.473. The molecule has 0 saturated heterocycles. The third-order valence-corrected chi connectivity index (χ3v) is 5.03. The maximum atomic E-state index is 12.8. The molecule has 30 heavy (non-hydrogen) atoms. The Morgan fingerprint density at radius 1 is 0.800 bits per heavy atom. The Kier molecular flexibility index (Phi) is 5.70. The second-order valence-electron chi connectivity index (χ2n) is 6.48. The van der Waals surface area contributed by atoms with Crippen molar-refractivity contribution in [3.63, 3.8) is 0 Å². The summed E-state index contributed by atoms with van der Waals surface area (Å²) in [5.41, 5.74) is 1.96. The second kappa shape index (κ2) is 8.57. The minimum absolute atomic E-state index is 0.0954. The number of amides is 1. The number of carbonyl (C=O) groups is 2. The fourth-order valence-electron chi connectivity index (χ4n) is 3.01. The highest BCUT2D eigenvalue weighted by Gasteiger charge is 2.18. The average Bonchev–Trinajstić information content (AvgIpc) is 3.24. The number of nitrogens with one attached hydrogen (secondary N) is 1. The van der Waals surface area contributed by atoms with Gasteiger partial charge < -0.3 is 9.73 Å². The van der Waals surface area contributed by atoms with Crippen LogP contribution in [0.1, 0.15) is 26.5 Å². The summed E-state index contributed by atoms with van der Waals surface area (Å²) >= 11 is 12.1. The highest BCUT2D eigenvalue weighted by atomic mass is 35.5. The van der Waals surface area contributed by atoms with E-state index < -0.39 is 5.91 Å². The summed E-state index contributed by atoms with van der Waals surface area (Å²) in [6.45, 7) is 0. The summed E-state index contributed by atoms with van der Waals surface area (Å²) < 4.78 is 5.68. The van der Waals surface area contributed by atoms with Crippen LogP contribution in [0.3, 0.4) is 0 Å². The number of furan rings is 1. The van der Waals surface area contributed by atoms with E-state index in [1.165, 1.54) is 0 Å². The van der Waals surface area contributed by atoms with Gasteiger partial charge in [-0.2, -0.15) is 0 Å². The summed E-state index contributed by atoms with van der Waals surface area (Å²) in [6, 6.07) is 24.0. The fourth-order valence-corrected chi connectivity index (χ4v) is 3.51. The molecule has 0 saturated carbocycles. The highest BCUT2D eigenvalue weighted by Crippen LogP contribution is 2.32. The minimum Gasteiger partial charge on any atom is -0.451 e. The second-order valence-corrected chi connectivity index (χ2v) is 7.33. The lowest BCUT2D eigenvalue weighted by Crippen LogP contribution is -2.14. The molecule has 0 atom stereocenters.